The Morgan fingerprint density at radius 2 is 1.95 bits per heavy atom. The maximum atomic E-state index is 12.6. The monoisotopic (exact) mass is 274 g/mol. The Hall–Kier alpha value is -1.35. The summed E-state index contributed by atoms with van der Waals surface area (Å²) < 4.78 is 0. The van der Waals surface area contributed by atoms with E-state index in [4.69, 9.17) is 0 Å². The van der Waals surface area contributed by atoms with Gasteiger partial charge in [-0.2, -0.15) is 0 Å². The normalized spacial score (nSPS) is 24.5. The molecule has 1 aromatic rings. The fourth-order valence-electron chi connectivity index (χ4n) is 3.22. The van der Waals surface area contributed by atoms with Crippen molar-refractivity contribution in [1.29, 1.82) is 0 Å². The van der Waals surface area contributed by atoms with Gasteiger partial charge in [0.25, 0.3) is 0 Å². The first-order valence-corrected chi connectivity index (χ1v) is 7.61. The van der Waals surface area contributed by atoms with Gasteiger partial charge in [0.1, 0.15) is 6.17 Å². The topological polar surface area (TPSA) is 32.3 Å². The Morgan fingerprint density at radius 3 is 2.50 bits per heavy atom. The number of carbonyl (C=O) groups is 1. The Balaban J connectivity index is 2.40. The second-order valence-corrected chi connectivity index (χ2v) is 6.11. The highest BCUT2D eigenvalue weighted by Crippen LogP contribution is 2.32. The Bertz CT molecular complexity index is 484. The number of nitrogens with one attached hydrogen (secondary N) is 1. The van der Waals surface area contributed by atoms with E-state index in [9.17, 15) is 4.79 Å². The summed E-state index contributed by atoms with van der Waals surface area (Å²) in [6.45, 7) is 10.6. The van der Waals surface area contributed by atoms with Gasteiger partial charge in [0, 0.05) is 6.04 Å². The van der Waals surface area contributed by atoms with Gasteiger partial charge in [-0.1, -0.05) is 45.0 Å². The highest BCUT2D eigenvalue weighted by Gasteiger charge is 2.41. The molecule has 1 amide bonds. The molecular weight excluding hydrogens is 248 g/mol. The number of hydrogen-bond donors (Lipinski definition) is 1. The zero-order valence-corrected chi connectivity index (χ0v) is 13.2. The van der Waals surface area contributed by atoms with Crippen LogP contribution in [0, 0.1) is 12.8 Å². The lowest BCUT2D eigenvalue weighted by atomic mass is 9.97. The summed E-state index contributed by atoms with van der Waals surface area (Å²) in [7, 11) is 0. The van der Waals surface area contributed by atoms with Crippen molar-refractivity contribution >= 4 is 5.91 Å². The smallest absolute Gasteiger partial charge is 0.241 e. The molecule has 0 saturated carbocycles. The molecular formula is C17H26N2O. The number of rotatable bonds is 4. The summed E-state index contributed by atoms with van der Waals surface area (Å²) >= 11 is 0. The van der Waals surface area contributed by atoms with Crippen molar-refractivity contribution in [2.75, 3.05) is 0 Å². The molecule has 1 saturated heterocycles. The van der Waals surface area contributed by atoms with E-state index < -0.39 is 0 Å². The van der Waals surface area contributed by atoms with Gasteiger partial charge in [0.15, 0.2) is 0 Å². The first kappa shape index (κ1) is 15.0. The van der Waals surface area contributed by atoms with Crippen LogP contribution in [-0.4, -0.2) is 22.9 Å². The van der Waals surface area contributed by atoms with Crippen LogP contribution in [0.4, 0.5) is 0 Å². The lowest BCUT2D eigenvalue weighted by Crippen LogP contribution is -2.42. The van der Waals surface area contributed by atoms with Crippen LogP contribution < -0.4 is 5.32 Å². The largest absolute Gasteiger partial charge is 0.318 e. The van der Waals surface area contributed by atoms with Crippen LogP contribution >= 0.6 is 0 Å². The average Bonchev–Trinajstić information content (AvgIpc) is 2.68. The molecule has 0 aromatic heterocycles. The molecule has 0 aliphatic carbocycles. The van der Waals surface area contributed by atoms with Gasteiger partial charge < -0.3 is 4.90 Å². The van der Waals surface area contributed by atoms with Crippen molar-refractivity contribution in [2.45, 2.75) is 59.3 Å². The molecule has 0 bridgehead atoms. The van der Waals surface area contributed by atoms with Crippen LogP contribution in [0.3, 0.4) is 0 Å². The Labute approximate surface area is 122 Å². The molecule has 1 N–H and O–H groups in total. The summed E-state index contributed by atoms with van der Waals surface area (Å²) in [4.78, 5) is 14.6. The van der Waals surface area contributed by atoms with E-state index in [-0.39, 0.29) is 24.2 Å². The van der Waals surface area contributed by atoms with E-state index in [0.717, 1.165) is 6.42 Å². The third-order valence-corrected chi connectivity index (χ3v) is 4.34. The minimum absolute atomic E-state index is 0.00560. The van der Waals surface area contributed by atoms with E-state index in [2.05, 4.69) is 50.0 Å². The fourth-order valence-corrected chi connectivity index (χ4v) is 3.22. The van der Waals surface area contributed by atoms with Crippen molar-refractivity contribution in [3.63, 3.8) is 0 Å². The number of amides is 1. The molecule has 0 radical (unpaired) electrons. The predicted molar refractivity (Wildman–Crippen MR) is 82.3 cm³/mol. The molecule has 1 aromatic carbocycles. The van der Waals surface area contributed by atoms with E-state index in [1.54, 1.807) is 0 Å². The van der Waals surface area contributed by atoms with Crippen LogP contribution in [0.1, 0.15) is 51.4 Å². The molecule has 0 spiro atoms. The Kier molecular flexibility index (Phi) is 4.48. The van der Waals surface area contributed by atoms with Gasteiger partial charge >= 0.3 is 0 Å². The number of carbonyl (C=O) groups excluding carboxylic acids is 1. The zero-order chi connectivity index (χ0) is 14.9. The van der Waals surface area contributed by atoms with Crippen LogP contribution in [0.5, 0.6) is 0 Å². The van der Waals surface area contributed by atoms with Gasteiger partial charge in [-0.05, 0) is 37.3 Å². The van der Waals surface area contributed by atoms with E-state index in [1.807, 2.05) is 19.1 Å². The summed E-state index contributed by atoms with van der Waals surface area (Å²) in [5, 5.41) is 3.46. The second-order valence-electron chi connectivity index (χ2n) is 6.11. The summed E-state index contributed by atoms with van der Waals surface area (Å²) in [6.07, 6.45) is 0.992. The standard InChI is InChI=1S/C17H26N2O/c1-6-15(11(2)3)19-16(18-13(5)17(19)20)14-10-8-7-9-12(14)4/h7-11,13,15-16,18H,6H2,1-5H3. The maximum absolute atomic E-state index is 12.6. The van der Waals surface area contributed by atoms with Crippen LogP contribution in [0.15, 0.2) is 24.3 Å². The fraction of sp³-hybridized carbons (Fsp3) is 0.588. The Morgan fingerprint density at radius 1 is 1.30 bits per heavy atom. The minimum Gasteiger partial charge on any atom is -0.318 e. The molecule has 2 rings (SSSR count). The second kappa shape index (κ2) is 5.96. The van der Waals surface area contributed by atoms with Crippen molar-refractivity contribution < 1.29 is 4.79 Å². The first-order chi connectivity index (χ1) is 9.47. The molecule has 1 heterocycles. The zero-order valence-electron chi connectivity index (χ0n) is 13.2. The van der Waals surface area contributed by atoms with Gasteiger partial charge in [0.2, 0.25) is 5.91 Å². The van der Waals surface area contributed by atoms with Crippen molar-refractivity contribution in [3.8, 4) is 0 Å². The SMILES string of the molecule is CCC(C(C)C)N1C(=O)C(C)NC1c1ccccc1C. The van der Waals surface area contributed by atoms with Gasteiger partial charge in [-0.25, -0.2) is 0 Å². The molecule has 1 aliphatic rings. The number of nitrogens with zero attached hydrogens (tertiary/aromatic N) is 1. The van der Waals surface area contributed by atoms with Gasteiger partial charge in [-0.3, -0.25) is 10.1 Å². The van der Waals surface area contributed by atoms with Crippen molar-refractivity contribution in [1.82, 2.24) is 10.2 Å². The maximum Gasteiger partial charge on any atom is 0.241 e. The lowest BCUT2D eigenvalue weighted by molar-refractivity contribution is -0.133. The first-order valence-electron chi connectivity index (χ1n) is 7.61. The molecule has 20 heavy (non-hydrogen) atoms. The third-order valence-electron chi connectivity index (χ3n) is 4.34. The lowest BCUT2D eigenvalue weighted by Gasteiger charge is -2.35. The van der Waals surface area contributed by atoms with E-state index in [1.165, 1.54) is 11.1 Å². The molecule has 3 atom stereocenters. The molecule has 1 aliphatic heterocycles. The van der Waals surface area contributed by atoms with Gasteiger partial charge in [0.05, 0.1) is 6.04 Å². The molecule has 3 heteroatoms. The minimum atomic E-state index is -0.104. The summed E-state index contributed by atoms with van der Waals surface area (Å²) in [6, 6.07) is 8.50. The van der Waals surface area contributed by atoms with Crippen molar-refractivity contribution in [3.05, 3.63) is 35.4 Å². The number of benzene rings is 1. The van der Waals surface area contributed by atoms with E-state index in [0.29, 0.717) is 5.92 Å². The highest BCUT2D eigenvalue weighted by molar-refractivity contribution is 5.84. The highest BCUT2D eigenvalue weighted by atomic mass is 16.2. The summed E-state index contributed by atoms with van der Waals surface area (Å²) in [5.41, 5.74) is 2.44. The molecule has 3 unspecified atom stereocenters. The van der Waals surface area contributed by atoms with Crippen LogP contribution in [0.2, 0.25) is 0 Å². The number of hydrogen-bond acceptors (Lipinski definition) is 2. The average molecular weight is 274 g/mol. The summed E-state index contributed by atoms with van der Waals surface area (Å²) in [5.74, 6) is 0.682. The number of aryl methyl sites for hydroxylation is 1. The van der Waals surface area contributed by atoms with E-state index >= 15 is 0 Å². The predicted octanol–water partition coefficient (Wildman–Crippen LogP) is 3.25. The quantitative estimate of drug-likeness (QED) is 0.914. The molecule has 1 fully saturated rings. The van der Waals surface area contributed by atoms with Crippen molar-refractivity contribution in [2.24, 2.45) is 5.92 Å². The van der Waals surface area contributed by atoms with Crippen LogP contribution in [0.25, 0.3) is 0 Å². The molecule has 3 nitrogen and oxygen atoms in total. The third kappa shape index (κ3) is 2.59. The van der Waals surface area contributed by atoms with Gasteiger partial charge in [-0.15, -0.1) is 0 Å². The molecule has 110 valence electrons. The van der Waals surface area contributed by atoms with Crippen LogP contribution in [-0.2, 0) is 4.79 Å².